The molecule has 2 bridgehead atoms. The zero-order valence-corrected chi connectivity index (χ0v) is 70.4. The van der Waals surface area contributed by atoms with Gasteiger partial charge in [-0.05, 0) is 143 Å². The largest absolute Gasteiger partial charge is 0.388 e. The van der Waals surface area contributed by atoms with E-state index in [2.05, 4.69) is 177 Å². The number of ether oxygens (including phenoxy) is 8. The number of methoxy groups -OCH3 is 2. The van der Waals surface area contributed by atoms with E-state index in [1.54, 1.807) is 39.7 Å². The lowest BCUT2D eigenvalue weighted by Crippen LogP contribution is -2.49. The van der Waals surface area contributed by atoms with E-state index in [4.69, 9.17) is 37.9 Å². The number of rotatable bonds is 22. The molecule has 10 aliphatic rings. The second kappa shape index (κ2) is 36.6. The number of aliphatic hydroxyl groups is 7. The van der Waals surface area contributed by atoms with Crippen LogP contribution in [0.25, 0.3) is 0 Å². The first-order chi connectivity index (χ1) is 50.7. The van der Waals surface area contributed by atoms with E-state index in [0.29, 0.717) is 64.5 Å². The molecule has 20 atom stereocenters. The van der Waals surface area contributed by atoms with Crippen LogP contribution in [0.1, 0.15) is 57.6 Å². The van der Waals surface area contributed by atoms with Crippen LogP contribution in [0.2, 0.25) is 0 Å². The quantitative estimate of drug-likeness (QED) is 0.0742. The molecule has 1 aromatic heterocycles. The Bertz CT molecular complexity index is 3980. The van der Waals surface area contributed by atoms with Crippen LogP contribution in [0.15, 0.2) is 112 Å². The highest BCUT2D eigenvalue weighted by Crippen LogP contribution is 2.50. The van der Waals surface area contributed by atoms with Gasteiger partial charge in [-0.3, -0.25) is 9.78 Å². The van der Waals surface area contributed by atoms with Gasteiger partial charge >= 0.3 is 29.8 Å². The Labute approximate surface area is 645 Å². The van der Waals surface area contributed by atoms with Crippen LogP contribution in [0, 0.1) is 0 Å². The van der Waals surface area contributed by atoms with E-state index in [0.717, 1.165) is 50.1 Å². The standard InChI is InChI=1S/C15H23N2O4P.3C15H25N2O4P.C14H23N2O5P/c1-9-10(7-16-14(19)17-9)11-12-13(18)15(21-11,8-20-12)5-6-22(2,3)4;1-9-10(8-16-14(19)17-9)13-15(2,20)12(18)11(21-13)6-7-22(3,4)5;2*1-9-10(8-16-15(19)17-9)13-14(20-2)12(18)11(21-13)6-7-22(3,4)5;1-14(5-6-22(2,3)4)11(18)9(17)10(21-14)8-7-15-13(20)16-12(8)19/h7,11-13,18H,1-2,5-6,8H2,3-4H3,(H2,16,17,19);8,11-13,18,20H,1,3,6-7H2,2,4-5H3,(H2,16,17,19);2*8,11-14,18H,1,3,6-7H2,2,4-5H3,(H2,16,17,19);7,9-11,17-18H,2,5-6H2,1,3-4H3,(H2,15,16,19,20)/t11?,12-,13-,15-;11-,12-,13?,15-;2*11-,12-,13?,14-;9-,10?,11-,14+/m01110/s1. The second-order valence-electron chi connectivity index (χ2n) is 33.3. The van der Waals surface area contributed by atoms with Crippen molar-refractivity contribution in [3.05, 3.63) is 129 Å². The van der Waals surface area contributed by atoms with Crippen molar-refractivity contribution < 1.29 is 92.8 Å². The minimum absolute atomic E-state index is 0.0959. The van der Waals surface area contributed by atoms with E-state index in [9.17, 15) is 64.5 Å². The number of nitrogens with one attached hydrogen (secondary N) is 10. The van der Waals surface area contributed by atoms with Crippen molar-refractivity contribution in [1.82, 2.24) is 52.5 Å². The van der Waals surface area contributed by atoms with Crippen LogP contribution in [-0.2, 0) is 37.9 Å². The summed E-state index contributed by atoms with van der Waals surface area (Å²) in [6.45, 7) is 34.2. The molecule has 0 aliphatic carbocycles. The molecule has 10 aliphatic heterocycles. The minimum Gasteiger partial charge on any atom is -0.388 e. The smallest absolute Gasteiger partial charge is 0.325 e. The molecule has 6 fully saturated rings. The van der Waals surface area contributed by atoms with Gasteiger partial charge < -0.3 is 121 Å². The van der Waals surface area contributed by atoms with Gasteiger partial charge in [0.2, 0.25) is 0 Å². The van der Waals surface area contributed by atoms with E-state index in [1.807, 2.05) is 0 Å². The SMILES string of the molecule is C=C1NC(=O)NC=C1C1O[C@@]2(CCP(=C)(C)C)CO[C@@H]1[C@@H]2O.C=C1NC(=O)NC=C1C1O[C@H](CCP(=C)(C)C)[C@@H](O)[C@@]1(C)O.C=C1NC(=O)NC=C1C1O[C@H](CCP(=C)(C)C)[C@@H](O)[C@H]1OC.C=C1NC(=O)NC=C1C1O[C@H](CCP(=C)(C)C)[C@@H](O)[C@H]1OC.C=P(C)(C)CC[C@@]1(C)OC(c2c[nH]c(=O)[nH]c2=O)[C@H](O)[C@@H]1O. The molecule has 0 aromatic carbocycles. The molecule has 0 radical (unpaired) electrons. The van der Waals surface area contributed by atoms with Crippen LogP contribution >= 0.6 is 34.4 Å². The molecule has 11 heterocycles. The van der Waals surface area contributed by atoms with Gasteiger partial charge in [0.05, 0.1) is 36.1 Å². The van der Waals surface area contributed by atoms with Gasteiger partial charge in [-0.2, -0.15) is 0 Å². The molecule has 8 amide bonds. The predicted molar refractivity (Wildman–Crippen MR) is 444 cm³/mol. The van der Waals surface area contributed by atoms with Gasteiger partial charge in [-0.15, -0.1) is 65.9 Å². The molecular formula is C74H121N10O21P5. The van der Waals surface area contributed by atoms with Gasteiger partial charge in [0.1, 0.15) is 96.7 Å². The van der Waals surface area contributed by atoms with E-state index in [-0.39, 0.29) is 41.9 Å². The number of carbonyl (C=O) groups excluding carboxylic acids is 4. The van der Waals surface area contributed by atoms with Gasteiger partial charge in [-0.1, -0.05) is 26.3 Å². The maximum absolute atomic E-state index is 11.9. The van der Waals surface area contributed by atoms with Crippen molar-refractivity contribution in [2.24, 2.45) is 0 Å². The number of amides is 8. The topological polar surface area (TPSA) is 446 Å². The highest BCUT2D eigenvalue weighted by atomic mass is 31.2. The summed E-state index contributed by atoms with van der Waals surface area (Å²) in [5, 5.41) is 93.8. The van der Waals surface area contributed by atoms with E-state index >= 15 is 0 Å². The molecule has 5 unspecified atom stereocenters. The Morgan fingerprint density at radius 1 is 0.482 bits per heavy atom. The molecule has 31 nitrogen and oxygen atoms in total. The predicted octanol–water partition coefficient (Wildman–Crippen LogP) is 2.96. The van der Waals surface area contributed by atoms with Gasteiger partial charge in [0.15, 0.2) is 0 Å². The number of fused-ring (bicyclic) bond motifs is 2. The summed E-state index contributed by atoms with van der Waals surface area (Å²) in [5.41, 5.74) is 0.172. The molecule has 110 heavy (non-hydrogen) atoms. The highest BCUT2D eigenvalue weighted by molar-refractivity contribution is 7.73. The third kappa shape index (κ3) is 23.6. The Morgan fingerprint density at radius 3 is 1.25 bits per heavy atom. The van der Waals surface area contributed by atoms with E-state index in [1.165, 1.54) is 19.3 Å². The number of hydrogen-bond acceptors (Lipinski definition) is 21. The Hall–Kier alpha value is -5.42. The number of carbonyl (C=O) groups is 4. The lowest BCUT2D eigenvalue weighted by Gasteiger charge is -2.34. The molecule has 0 saturated carbocycles. The van der Waals surface area contributed by atoms with Crippen LogP contribution < -0.4 is 53.8 Å². The third-order valence-electron chi connectivity index (χ3n) is 20.4. The summed E-state index contributed by atoms with van der Waals surface area (Å²) >= 11 is 0. The Balaban J connectivity index is 0.000000191. The summed E-state index contributed by atoms with van der Waals surface area (Å²) in [6.07, 6.45) is 25.1. The Kier molecular flexibility index (Phi) is 30.5. The lowest BCUT2D eigenvalue weighted by atomic mass is 9.87. The fourth-order valence-corrected chi connectivity index (χ4v) is 18.7. The number of aliphatic hydroxyl groups excluding tert-OH is 6. The number of H-pyrrole nitrogens is 2. The molecule has 618 valence electrons. The maximum atomic E-state index is 11.9. The monoisotopic (exact) mass is 1640 g/mol. The second-order valence-corrected chi connectivity index (χ2v) is 54.9. The van der Waals surface area contributed by atoms with Crippen molar-refractivity contribution in [1.29, 1.82) is 0 Å². The van der Waals surface area contributed by atoms with Crippen LogP contribution in [-0.4, -0.2) is 334 Å². The van der Waals surface area contributed by atoms with E-state index < -0.39 is 154 Å². The fraction of sp³-hybridized carbons (Fsp3) is 0.608. The first-order valence-corrected chi connectivity index (χ1v) is 51.4. The molecule has 1 aromatic rings. The van der Waals surface area contributed by atoms with Gasteiger partial charge in [0, 0.05) is 90.3 Å². The van der Waals surface area contributed by atoms with Gasteiger partial charge in [0.25, 0.3) is 5.56 Å². The number of urea groups is 4. The van der Waals surface area contributed by atoms with Crippen molar-refractivity contribution in [2.45, 2.75) is 167 Å². The first kappa shape index (κ1) is 91.8. The lowest BCUT2D eigenvalue weighted by molar-refractivity contribution is -0.132. The van der Waals surface area contributed by atoms with Crippen molar-refractivity contribution >= 4 is 90.1 Å². The zero-order valence-electron chi connectivity index (χ0n) is 65.9. The molecule has 0 spiro atoms. The van der Waals surface area contributed by atoms with Crippen LogP contribution in [0.4, 0.5) is 19.2 Å². The Morgan fingerprint density at radius 2 is 0.864 bits per heavy atom. The highest BCUT2D eigenvalue weighted by Gasteiger charge is 2.62. The summed E-state index contributed by atoms with van der Waals surface area (Å²) < 4.78 is 46.6. The fourth-order valence-electron chi connectivity index (χ4n) is 13.8. The average molecular weight is 1640 g/mol. The maximum Gasteiger partial charge on any atom is 0.325 e. The summed E-state index contributed by atoms with van der Waals surface area (Å²) in [4.78, 5) is 72.5. The molecule has 17 N–H and O–H groups in total. The third-order valence-corrected chi connectivity index (χ3v) is 27.6. The molecule has 36 heteroatoms. The van der Waals surface area contributed by atoms with Crippen molar-refractivity contribution in [3.8, 4) is 0 Å². The number of aromatic nitrogens is 2. The normalized spacial score (nSPS) is 34.2. The summed E-state index contributed by atoms with van der Waals surface area (Å²) in [7, 11) is 3.09. The van der Waals surface area contributed by atoms with Crippen LogP contribution in [0.5, 0.6) is 0 Å². The first-order valence-electron chi connectivity index (χ1n) is 36.1. The van der Waals surface area contributed by atoms with Gasteiger partial charge in [-0.25, -0.2) is 24.0 Å². The summed E-state index contributed by atoms with van der Waals surface area (Å²) in [6, 6.07) is -1.37. The molecule has 11 rings (SSSR count). The minimum atomic E-state index is -1.45. The molecular weight excluding hydrogens is 1520 g/mol. The average Bonchev–Trinajstić information content (AvgIpc) is 1.57. The zero-order chi connectivity index (χ0) is 82.5. The van der Waals surface area contributed by atoms with Crippen molar-refractivity contribution in [2.75, 3.05) is 118 Å². The molecule has 6 saturated heterocycles. The summed E-state index contributed by atoms with van der Waals surface area (Å²) in [5.74, 6) is 0. The van der Waals surface area contributed by atoms with Crippen LogP contribution in [0.3, 0.4) is 0 Å². The number of aromatic amines is 2. The number of hydrogen-bond donors (Lipinski definition) is 17. The van der Waals surface area contributed by atoms with Crippen molar-refractivity contribution in [3.63, 3.8) is 0 Å².